The third kappa shape index (κ3) is 5.16. The van der Waals surface area contributed by atoms with E-state index in [2.05, 4.69) is 5.32 Å². The third-order valence-corrected chi connectivity index (χ3v) is 6.22. The van der Waals surface area contributed by atoms with Crippen LogP contribution in [0.1, 0.15) is 43.1 Å². The van der Waals surface area contributed by atoms with Crippen molar-refractivity contribution in [2.75, 3.05) is 19.7 Å². The zero-order chi connectivity index (χ0) is 23.4. The molecule has 3 aromatic rings. The number of hydrogen-bond acceptors (Lipinski definition) is 5. The van der Waals surface area contributed by atoms with Gasteiger partial charge in [0.05, 0.1) is 12.3 Å². The van der Waals surface area contributed by atoms with E-state index in [-0.39, 0.29) is 18.0 Å². The molecule has 8 nitrogen and oxygen atoms in total. The first-order valence-electron chi connectivity index (χ1n) is 11.6. The lowest BCUT2D eigenvalue weighted by molar-refractivity contribution is -0.122. The molecule has 0 spiro atoms. The minimum atomic E-state index is -0.273. The summed E-state index contributed by atoms with van der Waals surface area (Å²) in [6.45, 7) is 7.40. The fourth-order valence-electron chi connectivity index (χ4n) is 4.40. The zero-order valence-corrected chi connectivity index (χ0v) is 19.5. The van der Waals surface area contributed by atoms with Crippen LogP contribution in [0.15, 0.2) is 36.4 Å². The molecule has 1 fully saturated rings. The summed E-state index contributed by atoms with van der Waals surface area (Å²) >= 11 is 0. The fraction of sp³-hybridized carbons (Fsp3) is 0.440. The van der Waals surface area contributed by atoms with Gasteiger partial charge >= 0.3 is 6.09 Å². The van der Waals surface area contributed by atoms with E-state index in [9.17, 15) is 9.59 Å². The number of benzene rings is 1. The molecule has 1 aromatic carbocycles. The van der Waals surface area contributed by atoms with Gasteiger partial charge in [-0.25, -0.2) is 14.3 Å². The van der Waals surface area contributed by atoms with Gasteiger partial charge in [-0.3, -0.25) is 4.79 Å². The third-order valence-electron chi connectivity index (χ3n) is 6.22. The van der Waals surface area contributed by atoms with Gasteiger partial charge in [0, 0.05) is 48.6 Å². The second-order valence-electron chi connectivity index (χ2n) is 8.45. The van der Waals surface area contributed by atoms with Gasteiger partial charge < -0.3 is 15.0 Å². The fourth-order valence-corrected chi connectivity index (χ4v) is 4.40. The first-order chi connectivity index (χ1) is 16.0. The van der Waals surface area contributed by atoms with Crippen LogP contribution in [-0.4, -0.2) is 57.2 Å². The lowest BCUT2D eigenvalue weighted by Crippen LogP contribution is -2.46. The maximum atomic E-state index is 12.6. The largest absolute Gasteiger partial charge is 0.450 e. The van der Waals surface area contributed by atoms with Crippen LogP contribution in [0.3, 0.4) is 0 Å². The zero-order valence-electron chi connectivity index (χ0n) is 19.5. The first-order valence-corrected chi connectivity index (χ1v) is 11.6. The molecule has 1 saturated heterocycles. The van der Waals surface area contributed by atoms with Crippen LogP contribution in [0.5, 0.6) is 0 Å². The molecule has 1 aliphatic heterocycles. The summed E-state index contributed by atoms with van der Waals surface area (Å²) in [5.74, 6) is 0.0221. The quantitative estimate of drug-likeness (QED) is 0.620. The number of hydrogen-bond donors (Lipinski definition) is 1. The Balaban J connectivity index is 1.37. The van der Waals surface area contributed by atoms with Gasteiger partial charge in [-0.15, -0.1) is 0 Å². The number of amides is 2. The van der Waals surface area contributed by atoms with Crippen LogP contribution < -0.4 is 5.32 Å². The van der Waals surface area contributed by atoms with Crippen molar-refractivity contribution in [2.24, 2.45) is 0 Å². The molecule has 0 unspecified atom stereocenters. The minimum absolute atomic E-state index is 0.0221. The Bertz CT molecular complexity index is 1130. The summed E-state index contributed by atoms with van der Waals surface area (Å²) in [6, 6.07) is 12.1. The number of carbonyl (C=O) groups is 2. The van der Waals surface area contributed by atoms with Crippen molar-refractivity contribution in [3.05, 3.63) is 53.3 Å². The number of piperidine rings is 1. The van der Waals surface area contributed by atoms with Crippen LogP contribution in [0, 0.1) is 13.8 Å². The summed E-state index contributed by atoms with van der Waals surface area (Å²) in [4.78, 5) is 30.9. The molecule has 0 aliphatic carbocycles. The summed E-state index contributed by atoms with van der Waals surface area (Å²) < 4.78 is 6.92. The predicted octanol–water partition coefficient (Wildman–Crippen LogP) is 3.68. The number of carbonyl (C=O) groups excluding carboxylic acids is 2. The second kappa shape index (κ2) is 10.0. The summed E-state index contributed by atoms with van der Waals surface area (Å²) in [6.07, 6.45) is 2.20. The molecular formula is C25H31N5O3. The van der Waals surface area contributed by atoms with Crippen molar-refractivity contribution < 1.29 is 14.3 Å². The Kier molecular flexibility index (Phi) is 6.91. The van der Waals surface area contributed by atoms with Crippen LogP contribution in [0.25, 0.3) is 16.9 Å². The Morgan fingerprint density at radius 3 is 2.58 bits per heavy atom. The van der Waals surface area contributed by atoms with E-state index < -0.39 is 0 Å². The standard InChI is InChI=1S/C25H31N5O3/c1-4-33-25(32)29-14-12-20(13-15-29)27-24(31)11-10-21-17(2)26-23-16-22(28-30(23)18(21)3)19-8-6-5-7-9-19/h5-9,16,20H,4,10-15H2,1-3H3,(H,27,31). The van der Waals surface area contributed by atoms with Crippen molar-refractivity contribution in [1.29, 1.82) is 0 Å². The highest BCUT2D eigenvalue weighted by Gasteiger charge is 2.24. The molecule has 2 amide bonds. The lowest BCUT2D eigenvalue weighted by Gasteiger charge is -2.31. The van der Waals surface area contributed by atoms with Crippen LogP contribution in [0.4, 0.5) is 4.79 Å². The molecule has 0 bridgehead atoms. The number of aryl methyl sites for hydroxylation is 2. The summed E-state index contributed by atoms with van der Waals surface area (Å²) in [7, 11) is 0. The van der Waals surface area contributed by atoms with E-state index in [1.54, 1.807) is 11.8 Å². The molecule has 0 saturated carbocycles. The number of ether oxygens (including phenoxy) is 1. The molecule has 174 valence electrons. The highest BCUT2D eigenvalue weighted by Crippen LogP contribution is 2.22. The molecule has 0 radical (unpaired) electrons. The van der Waals surface area contributed by atoms with Gasteiger partial charge in [-0.1, -0.05) is 30.3 Å². The molecule has 1 N–H and O–H groups in total. The molecule has 4 rings (SSSR count). The van der Waals surface area contributed by atoms with E-state index in [1.165, 1.54) is 0 Å². The van der Waals surface area contributed by atoms with Gasteiger partial charge in [-0.2, -0.15) is 5.10 Å². The Morgan fingerprint density at radius 2 is 1.88 bits per heavy atom. The molecule has 2 aromatic heterocycles. The molecule has 1 aliphatic rings. The van der Waals surface area contributed by atoms with Gasteiger partial charge in [0.25, 0.3) is 0 Å². The highest BCUT2D eigenvalue weighted by molar-refractivity contribution is 5.76. The monoisotopic (exact) mass is 449 g/mol. The first kappa shape index (κ1) is 22.8. The summed E-state index contributed by atoms with van der Waals surface area (Å²) in [5, 5.41) is 7.87. The predicted molar refractivity (Wildman–Crippen MR) is 126 cm³/mol. The minimum Gasteiger partial charge on any atom is -0.450 e. The lowest BCUT2D eigenvalue weighted by atomic mass is 10.0. The van der Waals surface area contributed by atoms with E-state index in [4.69, 9.17) is 14.8 Å². The Morgan fingerprint density at radius 1 is 1.15 bits per heavy atom. The smallest absolute Gasteiger partial charge is 0.409 e. The van der Waals surface area contributed by atoms with Crippen LogP contribution in [0.2, 0.25) is 0 Å². The normalized spacial score (nSPS) is 14.5. The number of nitrogens with one attached hydrogen (secondary N) is 1. The highest BCUT2D eigenvalue weighted by atomic mass is 16.6. The van der Waals surface area contributed by atoms with Crippen molar-refractivity contribution in [3.63, 3.8) is 0 Å². The van der Waals surface area contributed by atoms with Crippen molar-refractivity contribution in [1.82, 2.24) is 24.8 Å². The topological polar surface area (TPSA) is 88.8 Å². The van der Waals surface area contributed by atoms with Crippen LogP contribution >= 0.6 is 0 Å². The molecule has 0 atom stereocenters. The molecule has 8 heteroatoms. The van der Waals surface area contributed by atoms with E-state index in [0.29, 0.717) is 32.5 Å². The molecule has 3 heterocycles. The molecular weight excluding hydrogens is 418 g/mol. The van der Waals surface area contributed by atoms with Gasteiger partial charge in [0.15, 0.2) is 5.65 Å². The number of aromatic nitrogens is 3. The van der Waals surface area contributed by atoms with Crippen LogP contribution in [-0.2, 0) is 16.0 Å². The maximum absolute atomic E-state index is 12.6. The van der Waals surface area contributed by atoms with Gasteiger partial charge in [0.1, 0.15) is 0 Å². The number of nitrogens with zero attached hydrogens (tertiary/aromatic N) is 4. The SMILES string of the molecule is CCOC(=O)N1CCC(NC(=O)CCc2c(C)nc3cc(-c4ccccc4)nn3c2C)CC1. The maximum Gasteiger partial charge on any atom is 0.409 e. The average Bonchev–Trinajstić information content (AvgIpc) is 3.24. The number of rotatable bonds is 6. The Labute approximate surface area is 193 Å². The molecule has 33 heavy (non-hydrogen) atoms. The summed E-state index contributed by atoms with van der Waals surface area (Å²) in [5.41, 5.74) is 5.73. The van der Waals surface area contributed by atoms with Crippen molar-refractivity contribution >= 4 is 17.6 Å². The Hall–Kier alpha value is -3.42. The van der Waals surface area contributed by atoms with Crippen molar-refractivity contribution in [3.8, 4) is 11.3 Å². The van der Waals surface area contributed by atoms with E-state index in [0.717, 1.165) is 46.7 Å². The number of fused-ring (bicyclic) bond motifs is 1. The number of likely N-dealkylation sites (tertiary alicyclic amines) is 1. The second-order valence-corrected chi connectivity index (χ2v) is 8.45. The van der Waals surface area contributed by atoms with E-state index in [1.807, 2.05) is 54.8 Å². The average molecular weight is 450 g/mol. The van der Waals surface area contributed by atoms with Gasteiger partial charge in [0.2, 0.25) is 5.91 Å². The van der Waals surface area contributed by atoms with Crippen molar-refractivity contribution in [2.45, 2.75) is 52.5 Å². The van der Waals surface area contributed by atoms with E-state index >= 15 is 0 Å². The van der Waals surface area contributed by atoms with Gasteiger partial charge in [-0.05, 0) is 45.6 Å².